The van der Waals surface area contributed by atoms with Gasteiger partial charge in [-0.1, -0.05) is 44.2 Å². The third-order valence-electron chi connectivity index (χ3n) is 2.74. The number of hydrogen-bond donors (Lipinski definition) is 2. The molecule has 1 aromatic rings. The second kappa shape index (κ2) is 6.78. The first kappa shape index (κ1) is 15.0. The highest BCUT2D eigenvalue weighted by atomic mass is 16.5. The van der Waals surface area contributed by atoms with Gasteiger partial charge in [0.1, 0.15) is 0 Å². The standard InChI is InChI=1S/C14H20N2O3/c1-4-19-13(18)16-15-12(17)10-14(2,3)11-8-6-5-7-9-11/h5-9H,4,10H2,1-3H3,(H,15,17)(H,16,18). The van der Waals surface area contributed by atoms with Crippen LogP contribution in [-0.2, 0) is 14.9 Å². The fourth-order valence-electron chi connectivity index (χ4n) is 1.72. The molecule has 0 fully saturated rings. The maximum Gasteiger partial charge on any atom is 0.426 e. The van der Waals surface area contributed by atoms with Crippen molar-refractivity contribution in [1.29, 1.82) is 0 Å². The molecule has 0 aliphatic heterocycles. The third-order valence-corrected chi connectivity index (χ3v) is 2.74. The van der Waals surface area contributed by atoms with Crippen LogP contribution in [0.1, 0.15) is 32.8 Å². The van der Waals surface area contributed by atoms with Gasteiger partial charge in [-0.2, -0.15) is 0 Å². The van der Waals surface area contributed by atoms with Crippen molar-refractivity contribution in [3.05, 3.63) is 35.9 Å². The Morgan fingerprint density at radius 2 is 1.79 bits per heavy atom. The Labute approximate surface area is 113 Å². The van der Waals surface area contributed by atoms with E-state index in [0.29, 0.717) is 0 Å². The summed E-state index contributed by atoms with van der Waals surface area (Å²) in [7, 11) is 0. The minimum atomic E-state index is -0.659. The van der Waals surface area contributed by atoms with Crippen LogP contribution in [-0.4, -0.2) is 18.6 Å². The van der Waals surface area contributed by atoms with Gasteiger partial charge in [0.25, 0.3) is 0 Å². The van der Waals surface area contributed by atoms with Crippen LogP contribution < -0.4 is 10.9 Å². The van der Waals surface area contributed by atoms with Gasteiger partial charge < -0.3 is 4.74 Å². The highest BCUT2D eigenvalue weighted by molar-refractivity contribution is 5.80. The van der Waals surface area contributed by atoms with E-state index in [0.717, 1.165) is 5.56 Å². The van der Waals surface area contributed by atoms with E-state index < -0.39 is 6.09 Å². The molecule has 0 aliphatic rings. The molecule has 0 bridgehead atoms. The van der Waals surface area contributed by atoms with E-state index in [-0.39, 0.29) is 24.3 Å². The molecular weight excluding hydrogens is 244 g/mol. The molecule has 104 valence electrons. The molecule has 0 saturated heterocycles. The predicted molar refractivity (Wildman–Crippen MR) is 72.4 cm³/mol. The molecule has 5 heteroatoms. The van der Waals surface area contributed by atoms with Crippen molar-refractivity contribution in [3.8, 4) is 0 Å². The van der Waals surface area contributed by atoms with Gasteiger partial charge in [-0.3, -0.25) is 10.2 Å². The third kappa shape index (κ3) is 4.99. The predicted octanol–water partition coefficient (Wildman–Crippen LogP) is 2.13. The van der Waals surface area contributed by atoms with E-state index in [4.69, 9.17) is 0 Å². The summed E-state index contributed by atoms with van der Waals surface area (Å²) in [6.45, 7) is 5.91. The minimum Gasteiger partial charge on any atom is -0.449 e. The summed E-state index contributed by atoms with van der Waals surface area (Å²) in [5.74, 6) is -0.262. The number of ether oxygens (including phenoxy) is 1. The fourth-order valence-corrected chi connectivity index (χ4v) is 1.72. The number of benzene rings is 1. The average molecular weight is 264 g/mol. The van der Waals surface area contributed by atoms with E-state index in [2.05, 4.69) is 15.6 Å². The van der Waals surface area contributed by atoms with Gasteiger partial charge in [0, 0.05) is 6.42 Å². The molecule has 0 aromatic heterocycles. The highest BCUT2D eigenvalue weighted by Crippen LogP contribution is 2.26. The zero-order valence-corrected chi connectivity index (χ0v) is 11.5. The van der Waals surface area contributed by atoms with Gasteiger partial charge in [0.15, 0.2) is 0 Å². The Bertz CT molecular complexity index is 430. The quantitative estimate of drug-likeness (QED) is 0.819. The van der Waals surface area contributed by atoms with Gasteiger partial charge >= 0.3 is 6.09 Å². The Hall–Kier alpha value is -2.04. The normalized spacial score (nSPS) is 10.7. The summed E-state index contributed by atoms with van der Waals surface area (Å²) in [5.41, 5.74) is 5.29. The average Bonchev–Trinajstić information content (AvgIpc) is 2.37. The van der Waals surface area contributed by atoms with Crippen molar-refractivity contribution in [1.82, 2.24) is 10.9 Å². The van der Waals surface area contributed by atoms with Crippen molar-refractivity contribution >= 4 is 12.0 Å². The first-order valence-electron chi connectivity index (χ1n) is 6.23. The van der Waals surface area contributed by atoms with Crippen LogP contribution in [0.5, 0.6) is 0 Å². The van der Waals surface area contributed by atoms with E-state index in [9.17, 15) is 9.59 Å². The topological polar surface area (TPSA) is 67.4 Å². The largest absolute Gasteiger partial charge is 0.449 e. The van der Waals surface area contributed by atoms with Crippen LogP contribution in [0.3, 0.4) is 0 Å². The fraction of sp³-hybridized carbons (Fsp3) is 0.429. The smallest absolute Gasteiger partial charge is 0.426 e. The van der Waals surface area contributed by atoms with Gasteiger partial charge in [-0.25, -0.2) is 10.2 Å². The number of hydrazine groups is 1. The lowest BCUT2D eigenvalue weighted by Gasteiger charge is -2.24. The number of hydrogen-bond acceptors (Lipinski definition) is 3. The monoisotopic (exact) mass is 264 g/mol. The van der Waals surface area contributed by atoms with Crippen molar-refractivity contribution < 1.29 is 14.3 Å². The summed E-state index contributed by atoms with van der Waals surface area (Å²) in [6, 6.07) is 9.76. The molecule has 0 saturated carbocycles. The van der Waals surface area contributed by atoms with Crippen molar-refractivity contribution in [2.24, 2.45) is 0 Å². The molecule has 1 rings (SSSR count). The number of amides is 2. The molecule has 0 heterocycles. The zero-order chi connectivity index (χ0) is 14.3. The van der Waals surface area contributed by atoms with Crippen LogP contribution in [0.2, 0.25) is 0 Å². The summed E-state index contributed by atoms with van der Waals surface area (Å²) >= 11 is 0. The van der Waals surface area contributed by atoms with E-state index in [1.165, 1.54) is 0 Å². The molecule has 0 aliphatic carbocycles. The number of carbonyl (C=O) groups excluding carboxylic acids is 2. The number of nitrogens with one attached hydrogen (secondary N) is 2. The first-order valence-corrected chi connectivity index (χ1v) is 6.23. The highest BCUT2D eigenvalue weighted by Gasteiger charge is 2.24. The van der Waals surface area contributed by atoms with Crippen LogP contribution >= 0.6 is 0 Å². The molecule has 5 nitrogen and oxygen atoms in total. The molecule has 0 radical (unpaired) electrons. The van der Waals surface area contributed by atoms with Crippen molar-refractivity contribution in [2.45, 2.75) is 32.6 Å². The zero-order valence-electron chi connectivity index (χ0n) is 11.5. The molecule has 0 spiro atoms. The summed E-state index contributed by atoms with van der Waals surface area (Å²) in [4.78, 5) is 22.8. The van der Waals surface area contributed by atoms with Crippen LogP contribution in [0.15, 0.2) is 30.3 Å². The van der Waals surface area contributed by atoms with Gasteiger partial charge in [0.2, 0.25) is 5.91 Å². The van der Waals surface area contributed by atoms with Crippen LogP contribution in [0.25, 0.3) is 0 Å². The Morgan fingerprint density at radius 1 is 1.16 bits per heavy atom. The second-order valence-electron chi connectivity index (χ2n) is 4.82. The molecule has 2 N–H and O–H groups in total. The molecule has 0 atom stereocenters. The van der Waals surface area contributed by atoms with Crippen LogP contribution in [0.4, 0.5) is 4.79 Å². The molecule has 0 unspecified atom stereocenters. The van der Waals surface area contributed by atoms with Gasteiger partial charge in [-0.15, -0.1) is 0 Å². The van der Waals surface area contributed by atoms with Gasteiger partial charge in [0.05, 0.1) is 6.61 Å². The maximum absolute atomic E-state index is 11.8. The minimum absolute atomic E-state index is 0.261. The summed E-state index contributed by atoms with van der Waals surface area (Å²) in [5, 5.41) is 0. The Kier molecular flexibility index (Phi) is 5.36. The number of rotatable bonds is 4. The number of carbonyl (C=O) groups is 2. The lowest BCUT2D eigenvalue weighted by atomic mass is 9.81. The molecular formula is C14H20N2O3. The van der Waals surface area contributed by atoms with Gasteiger partial charge in [-0.05, 0) is 17.9 Å². The van der Waals surface area contributed by atoms with Crippen LogP contribution in [0, 0.1) is 0 Å². The second-order valence-corrected chi connectivity index (χ2v) is 4.82. The van der Waals surface area contributed by atoms with E-state index in [1.54, 1.807) is 6.92 Å². The SMILES string of the molecule is CCOC(=O)NNC(=O)CC(C)(C)c1ccccc1. The van der Waals surface area contributed by atoms with E-state index in [1.807, 2.05) is 44.2 Å². The first-order chi connectivity index (χ1) is 8.95. The summed E-state index contributed by atoms with van der Waals surface area (Å²) < 4.78 is 4.64. The van der Waals surface area contributed by atoms with Crippen molar-refractivity contribution in [2.75, 3.05) is 6.61 Å². The summed E-state index contributed by atoms with van der Waals surface area (Å²) in [6.07, 6.45) is -0.392. The lowest BCUT2D eigenvalue weighted by Crippen LogP contribution is -2.43. The Morgan fingerprint density at radius 3 is 2.37 bits per heavy atom. The molecule has 2 amide bonds. The Balaban J connectivity index is 2.50. The molecule has 19 heavy (non-hydrogen) atoms. The molecule has 1 aromatic carbocycles. The van der Waals surface area contributed by atoms with Crippen molar-refractivity contribution in [3.63, 3.8) is 0 Å². The maximum atomic E-state index is 11.8. The van der Waals surface area contributed by atoms with E-state index >= 15 is 0 Å². The lowest BCUT2D eigenvalue weighted by molar-refractivity contribution is -0.123.